The van der Waals surface area contributed by atoms with Crippen molar-refractivity contribution in [3.63, 3.8) is 0 Å². The van der Waals surface area contributed by atoms with E-state index in [1.54, 1.807) is 0 Å². The van der Waals surface area contributed by atoms with Crippen molar-refractivity contribution >= 4 is 11.3 Å². The fraction of sp³-hybridized carbons (Fsp3) is 0.733. The molecule has 2 unspecified atom stereocenters. The first kappa shape index (κ1) is 14.0. The average Bonchev–Trinajstić information content (AvgIpc) is 2.59. The topological polar surface area (TPSA) is 29.3 Å². The number of aryl methyl sites for hydroxylation is 2. The van der Waals surface area contributed by atoms with Crippen molar-refractivity contribution in [1.82, 2.24) is 4.90 Å². The van der Waals surface area contributed by atoms with Gasteiger partial charge in [0.1, 0.15) is 0 Å². The second-order valence-corrected chi connectivity index (χ2v) is 6.89. The van der Waals surface area contributed by atoms with Crippen molar-refractivity contribution < 1.29 is 0 Å². The molecule has 0 saturated carbocycles. The van der Waals surface area contributed by atoms with E-state index in [4.69, 9.17) is 5.73 Å². The van der Waals surface area contributed by atoms with Crippen LogP contribution in [0.4, 0.5) is 0 Å². The molecule has 18 heavy (non-hydrogen) atoms. The molecule has 0 spiro atoms. The van der Waals surface area contributed by atoms with Crippen LogP contribution in [0.25, 0.3) is 0 Å². The quantitative estimate of drug-likeness (QED) is 0.907. The molecule has 2 atom stereocenters. The van der Waals surface area contributed by atoms with E-state index in [0.717, 1.165) is 13.1 Å². The van der Waals surface area contributed by atoms with Crippen LogP contribution in [0, 0.1) is 19.8 Å². The van der Waals surface area contributed by atoms with E-state index in [0.29, 0.717) is 12.0 Å². The summed E-state index contributed by atoms with van der Waals surface area (Å²) >= 11 is 1.93. The number of rotatable bonds is 3. The third-order valence-corrected chi connectivity index (χ3v) is 5.20. The molecule has 3 heteroatoms. The highest BCUT2D eigenvalue weighted by molar-refractivity contribution is 7.12. The van der Waals surface area contributed by atoms with E-state index in [1.165, 1.54) is 41.1 Å². The summed E-state index contributed by atoms with van der Waals surface area (Å²) in [4.78, 5) is 5.55. The molecule has 0 aliphatic carbocycles. The number of hydrogen-bond acceptors (Lipinski definition) is 3. The number of nitrogens with two attached hydrogens (primary N) is 1. The van der Waals surface area contributed by atoms with E-state index in [9.17, 15) is 0 Å². The van der Waals surface area contributed by atoms with Crippen LogP contribution in [-0.4, -0.2) is 24.5 Å². The highest BCUT2D eigenvalue weighted by atomic mass is 32.1. The second kappa shape index (κ2) is 6.18. The minimum Gasteiger partial charge on any atom is -0.330 e. The second-order valence-electron chi connectivity index (χ2n) is 5.43. The molecule has 102 valence electrons. The van der Waals surface area contributed by atoms with Crippen LogP contribution < -0.4 is 5.73 Å². The highest BCUT2D eigenvalue weighted by Gasteiger charge is 2.31. The Morgan fingerprint density at radius 2 is 2.17 bits per heavy atom. The Morgan fingerprint density at radius 1 is 1.39 bits per heavy atom. The zero-order chi connectivity index (χ0) is 13.1. The summed E-state index contributed by atoms with van der Waals surface area (Å²) in [6.45, 7) is 9.93. The van der Waals surface area contributed by atoms with Crippen LogP contribution in [0.15, 0.2) is 6.07 Å². The lowest BCUT2D eigenvalue weighted by molar-refractivity contribution is 0.166. The third kappa shape index (κ3) is 2.79. The van der Waals surface area contributed by atoms with Crippen LogP contribution in [0.5, 0.6) is 0 Å². The molecule has 0 radical (unpaired) electrons. The summed E-state index contributed by atoms with van der Waals surface area (Å²) < 4.78 is 0. The van der Waals surface area contributed by atoms with E-state index in [1.807, 2.05) is 11.3 Å². The molecule has 2 N–H and O–H groups in total. The molecule has 1 aliphatic heterocycles. The largest absolute Gasteiger partial charge is 0.330 e. The molecule has 1 aliphatic rings. The van der Waals surface area contributed by atoms with Gasteiger partial charge in [-0.15, -0.1) is 11.3 Å². The molecular weight excluding hydrogens is 240 g/mol. The SMILES string of the molecule is CCN1CCCCC(CN)C1c1cc(C)sc1C. The minimum absolute atomic E-state index is 0.549. The summed E-state index contributed by atoms with van der Waals surface area (Å²) in [5.41, 5.74) is 7.59. The molecule has 1 aromatic heterocycles. The van der Waals surface area contributed by atoms with E-state index >= 15 is 0 Å². The fourth-order valence-electron chi connectivity index (χ4n) is 3.31. The van der Waals surface area contributed by atoms with Crippen LogP contribution in [0.3, 0.4) is 0 Å². The maximum Gasteiger partial charge on any atom is 0.0399 e. The van der Waals surface area contributed by atoms with Crippen molar-refractivity contribution in [3.8, 4) is 0 Å². The Bertz CT molecular complexity index is 372. The number of nitrogens with zero attached hydrogens (tertiary/aromatic N) is 1. The van der Waals surface area contributed by atoms with Gasteiger partial charge in [0.25, 0.3) is 0 Å². The lowest BCUT2D eigenvalue weighted by atomic mass is 9.89. The van der Waals surface area contributed by atoms with Gasteiger partial charge in [0.15, 0.2) is 0 Å². The fourth-order valence-corrected chi connectivity index (χ4v) is 4.28. The van der Waals surface area contributed by atoms with Gasteiger partial charge in [-0.25, -0.2) is 0 Å². The van der Waals surface area contributed by atoms with Gasteiger partial charge < -0.3 is 5.73 Å². The highest BCUT2D eigenvalue weighted by Crippen LogP contribution is 2.38. The normalized spacial score (nSPS) is 26.2. The predicted molar refractivity (Wildman–Crippen MR) is 80.2 cm³/mol. The van der Waals surface area contributed by atoms with Crippen molar-refractivity contribution in [3.05, 3.63) is 21.4 Å². The molecule has 0 amide bonds. The zero-order valence-corrected chi connectivity index (χ0v) is 12.7. The summed E-state index contributed by atoms with van der Waals surface area (Å²) in [6.07, 6.45) is 3.94. The predicted octanol–water partition coefficient (Wildman–Crippen LogP) is 3.49. The monoisotopic (exact) mass is 266 g/mol. The molecular formula is C15H26N2S. The summed E-state index contributed by atoms with van der Waals surface area (Å²) in [5, 5.41) is 0. The van der Waals surface area contributed by atoms with Crippen molar-refractivity contribution in [2.45, 2.75) is 46.1 Å². The van der Waals surface area contributed by atoms with Gasteiger partial charge in [0.2, 0.25) is 0 Å². The lowest BCUT2D eigenvalue weighted by Crippen LogP contribution is -2.35. The van der Waals surface area contributed by atoms with E-state index in [-0.39, 0.29) is 0 Å². The van der Waals surface area contributed by atoms with Gasteiger partial charge in [-0.2, -0.15) is 0 Å². The number of likely N-dealkylation sites (tertiary alicyclic amines) is 1. The molecule has 1 aromatic rings. The molecule has 2 nitrogen and oxygen atoms in total. The molecule has 1 saturated heterocycles. The number of thiophene rings is 1. The van der Waals surface area contributed by atoms with Crippen LogP contribution in [0.1, 0.15) is 47.5 Å². The van der Waals surface area contributed by atoms with Gasteiger partial charge in [-0.05, 0) is 63.9 Å². The van der Waals surface area contributed by atoms with E-state index < -0.39 is 0 Å². The molecule has 2 heterocycles. The summed E-state index contributed by atoms with van der Waals surface area (Å²) in [5.74, 6) is 0.625. The summed E-state index contributed by atoms with van der Waals surface area (Å²) in [7, 11) is 0. The van der Waals surface area contributed by atoms with Crippen LogP contribution in [-0.2, 0) is 0 Å². The van der Waals surface area contributed by atoms with E-state index in [2.05, 4.69) is 31.7 Å². The third-order valence-electron chi connectivity index (χ3n) is 4.22. The Kier molecular flexibility index (Phi) is 4.82. The van der Waals surface area contributed by atoms with Gasteiger partial charge in [-0.3, -0.25) is 4.90 Å². The van der Waals surface area contributed by atoms with Gasteiger partial charge in [-0.1, -0.05) is 13.3 Å². The Labute approximate surface area is 115 Å². The molecule has 2 rings (SSSR count). The maximum atomic E-state index is 6.05. The lowest BCUT2D eigenvalue weighted by Gasteiger charge is -2.34. The Morgan fingerprint density at radius 3 is 2.72 bits per heavy atom. The molecule has 0 bridgehead atoms. The zero-order valence-electron chi connectivity index (χ0n) is 11.9. The summed E-state index contributed by atoms with van der Waals surface area (Å²) in [6, 6.07) is 2.94. The van der Waals surface area contributed by atoms with Crippen molar-refractivity contribution in [2.75, 3.05) is 19.6 Å². The standard InChI is InChI=1S/C15H26N2S/c1-4-17-8-6-5-7-13(10-16)15(17)14-9-11(2)18-12(14)3/h9,13,15H,4-8,10,16H2,1-3H3. The Balaban J connectivity index is 2.35. The van der Waals surface area contributed by atoms with Gasteiger partial charge in [0, 0.05) is 15.8 Å². The van der Waals surface area contributed by atoms with Crippen molar-refractivity contribution in [2.24, 2.45) is 11.7 Å². The smallest absolute Gasteiger partial charge is 0.0399 e. The molecule has 0 aromatic carbocycles. The van der Waals surface area contributed by atoms with Gasteiger partial charge in [0.05, 0.1) is 0 Å². The maximum absolute atomic E-state index is 6.05. The van der Waals surface area contributed by atoms with Crippen LogP contribution >= 0.6 is 11.3 Å². The van der Waals surface area contributed by atoms with Crippen molar-refractivity contribution in [1.29, 1.82) is 0 Å². The molecule has 1 fully saturated rings. The first-order chi connectivity index (χ1) is 8.67. The average molecular weight is 266 g/mol. The Hall–Kier alpha value is -0.380. The van der Waals surface area contributed by atoms with Gasteiger partial charge >= 0.3 is 0 Å². The first-order valence-electron chi connectivity index (χ1n) is 7.18. The number of hydrogen-bond donors (Lipinski definition) is 1. The van der Waals surface area contributed by atoms with Crippen LogP contribution in [0.2, 0.25) is 0 Å². The minimum atomic E-state index is 0.549. The first-order valence-corrected chi connectivity index (χ1v) is 8.00.